The summed E-state index contributed by atoms with van der Waals surface area (Å²) in [7, 11) is 0. The van der Waals surface area contributed by atoms with Crippen LogP contribution in [0.1, 0.15) is 0 Å². The van der Waals surface area contributed by atoms with Crippen molar-refractivity contribution in [1.82, 2.24) is 0 Å². The molecule has 0 aliphatic carbocycles. The first-order chi connectivity index (χ1) is 3.39. The Morgan fingerprint density at radius 2 is 1.57 bits per heavy atom. The van der Waals surface area contributed by atoms with Gasteiger partial charge in [-0.1, -0.05) is 0 Å². The monoisotopic (exact) mass is 272 g/mol. The summed E-state index contributed by atoms with van der Waals surface area (Å²) < 4.78 is 2.00. The molecule has 0 spiro atoms. The van der Waals surface area contributed by atoms with Gasteiger partial charge < -0.3 is 0 Å². The second-order valence-electron chi connectivity index (χ2n) is 1.20. The van der Waals surface area contributed by atoms with Gasteiger partial charge in [0.15, 0.2) is 0 Å². The molecule has 0 amide bonds. The van der Waals surface area contributed by atoms with E-state index in [-0.39, 0.29) is 0 Å². The van der Waals surface area contributed by atoms with E-state index in [1.165, 1.54) is 0 Å². The van der Waals surface area contributed by atoms with Crippen molar-refractivity contribution in [3.63, 3.8) is 0 Å². The van der Waals surface area contributed by atoms with Crippen molar-refractivity contribution < 1.29 is 22.4 Å². The molecule has 0 bridgehead atoms. The Bertz CT molecular complexity index is 138. The SMILES string of the molecule is [Ir][n+]1ccccc1. The van der Waals surface area contributed by atoms with Gasteiger partial charge in [0.1, 0.15) is 0 Å². The van der Waals surface area contributed by atoms with Gasteiger partial charge in [-0.2, -0.15) is 0 Å². The third-order valence-corrected chi connectivity index (χ3v) is 1.38. The number of aromatic nitrogens is 1. The summed E-state index contributed by atoms with van der Waals surface area (Å²) in [5.74, 6) is 0. The minimum atomic E-state index is 2.00. The first kappa shape index (κ1) is 4.95. The molecule has 0 N–H and O–H groups in total. The quantitative estimate of drug-likeness (QED) is 0.638. The van der Waals surface area contributed by atoms with E-state index in [0.29, 0.717) is 0 Å². The van der Waals surface area contributed by atoms with Gasteiger partial charge in [-0.05, 0) is 0 Å². The van der Waals surface area contributed by atoms with Crippen molar-refractivity contribution in [2.75, 3.05) is 0 Å². The zero-order valence-corrected chi connectivity index (χ0v) is 6.06. The van der Waals surface area contributed by atoms with E-state index in [1.54, 1.807) is 0 Å². The number of rotatable bonds is 0. The number of pyridine rings is 1. The molecule has 1 heterocycles. The fourth-order valence-corrected chi connectivity index (χ4v) is 0.782. The molecule has 38 valence electrons. The third-order valence-electron chi connectivity index (χ3n) is 0.666. The molecule has 0 radical (unpaired) electrons. The zero-order valence-electron chi connectivity index (χ0n) is 3.67. The van der Waals surface area contributed by atoms with E-state index < -0.39 is 0 Å². The molecule has 0 fully saturated rings. The summed E-state index contributed by atoms with van der Waals surface area (Å²) in [5, 5.41) is 0. The van der Waals surface area contributed by atoms with Gasteiger partial charge in [-0.3, -0.25) is 0 Å². The molecule has 0 saturated heterocycles. The summed E-state index contributed by atoms with van der Waals surface area (Å²) in [4.78, 5) is 0. The molecule has 0 aromatic carbocycles. The second-order valence-corrected chi connectivity index (χ2v) is 2.43. The van der Waals surface area contributed by atoms with E-state index >= 15 is 0 Å². The summed E-state index contributed by atoms with van der Waals surface area (Å²) in [6.07, 6.45) is 4.00. The molecule has 2 heteroatoms. The number of nitrogens with zero attached hydrogens (tertiary/aromatic N) is 1. The molecule has 7 heavy (non-hydrogen) atoms. The van der Waals surface area contributed by atoms with Gasteiger partial charge in [-0.25, -0.2) is 0 Å². The Labute approximate surface area is 53.4 Å². The maximum absolute atomic E-state index is 2.00. The van der Waals surface area contributed by atoms with Gasteiger partial charge in [0.05, 0.1) is 0 Å². The van der Waals surface area contributed by atoms with E-state index in [1.807, 2.05) is 53.0 Å². The summed E-state index contributed by atoms with van der Waals surface area (Å²) in [5.41, 5.74) is 0. The Hall–Kier alpha value is -0.201. The van der Waals surface area contributed by atoms with Crippen LogP contribution < -0.4 is 3.24 Å². The van der Waals surface area contributed by atoms with Crippen LogP contribution in [-0.2, 0) is 19.1 Å². The van der Waals surface area contributed by atoms with Crippen LogP contribution in [0.5, 0.6) is 0 Å². The van der Waals surface area contributed by atoms with Crippen molar-refractivity contribution in [2.24, 2.45) is 0 Å². The Morgan fingerprint density at radius 1 is 1.00 bits per heavy atom. The molecule has 1 rings (SSSR count). The molecule has 0 saturated carbocycles. The predicted molar refractivity (Wildman–Crippen MR) is 22.0 cm³/mol. The molecule has 0 aliphatic rings. The molecular weight excluding hydrogens is 266 g/mol. The molecule has 0 unspecified atom stereocenters. The third kappa shape index (κ3) is 1.38. The van der Waals surface area contributed by atoms with Gasteiger partial charge in [0, 0.05) is 0 Å². The van der Waals surface area contributed by atoms with Crippen molar-refractivity contribution in [3.05, 3.63) is 30.6 Å². The van der Waals surface area contributed by atoms with Gasteiger partial charge in [0.2, 0.25) is 0 Å². The van der Waals surface area contributed by atoms with Crippen LogP contribution in [-0.4, -0.2) is 0 Å². The number of hydrogen-bond donors (Lipinski definition) is 0. The van der Waals surface area contributed by atoms with E-state index in [4.69, 9.17) is 0 Å². The first-order valence-corrected chi connectivity index (χ1v) is 3.07. The number of hydrogen-bond acceptors (Lipinski definition) is 0. The van der Waals surface area contributed by atoms with Crippen LogP contribution in [0.3, 0.4) is 0 Å². The molecule has 1 aromatic rings. The fourth-order valence-electron chi connectivity index (χ4n) is 0.370. The topological polar surface area (TPSA) is 3.88 Å². The predicted octanol–water partition coefficient (Wildman–Crippen LogP) is 0.284. The molecular formula is C5H5IrN+. The van der Waals surface area contributed by atoms with Gasteiger partial charge >= 0.3 is 53.0 Å². The Kier molecular flexibility index (Phi) is 1.55. The Balaban J connectivity index is 3.02. The van der Waals surface area contributed by atoms with Crippen molar-refractivity contribution >= 4 is 0 Å². The van der Waals surface area contributed by atoms with Gasteiger partial charge in [-0.15, -0.1) is 0 Å². The van der Waals surface area contributed by atoms with Crippen LogP contribution >= 0.6 is 0 Å². The van der Waals surface area contributed by atoms with Crippen molar-refractivity contribution in [1.29, 1.82) is 0 Å². The normalized spacial score (nSPS) is 8.86. The molecule has 0 aliphatic heterocycles. The fraction of sp³-hybridized carbons (Fsp3) is 0. The van der Waals surface area contributed by atoms with E-state index in [9.17, 15) is 0 Å². The minimum absolute atomic E-state index is 2.00. The average molecular weight is 271 g/mol. The summed E-state index contributed by atoms with van der Waals surface area (Å²) in [6, 6.07) is 6.00. The van der Waals surface area contributed by atoms with Crippen LogP contribution in [0, 0.1) is 0 Å². The maximum atomic E-state index is 2.00. The molecule has 1 nitrogen and oxygen atoms in total. The van der Waals surface area contributed by atoms with Crippen LogP contribution in [0.25, 0.3) is 0 Å². The van der Waals surface area contributed by atoms with Gasteiger partial charge in [0.25, 0.3) is 0 Å². The molecule has 1 aromatic heterocycles. The van der Waals surface area contributed by atoms with Crippen LogP contribution in [0.4, 0.5) is 0 Å². The summed E-state index contributed by atoms with van der Waals surface area (Å²) >= 11 is 2.00. The van der Waals surface area contributed by atoms with Crippen molar-refractivity contribution in [3.8, 4) is 0 Å². The van der Waals surface area contributed by atoms with Crippen LogP contribution in [0.15, 0.2) is 30.6 Å². The Morgan fingerprint density at radius 3 is 1.86 bits per heavy atom. The summed E-state index contributed by atoms with van der Waals surface area (Å²) in [6.45, 7) is 0. The second kappa shape index (κ2) is 2.20. The van der Waals surface area contributed by atoms with E-state index in [2.05, 4.69) is 0 Å². The zero-order chi connectivity index (χ0) is 5.11. The van der Waals surface area contributed by atoms with Crippen molar-refractivity contribution in [2.45, 2.75) is 0 Å². The van der Waals surface area contributed by atoms with Crippen LogP contribution in [0.2, 0.25) is 0 Å². The molecule has 0 atom stereocenters. The first-order valence-electron chi connectivity index (χ1n) is 2.00. The standard InChI is InChI=1S/C5H5N.Ir/c1-2-4-6-5-3-1;/h1-5H;/q;+1. The average Bonchev–Trinajstić information content (AvgIpc) is 1.69. The van der Waals surface area contributed by atoms with E-state index in [0.717, 1.165) is 0 Å².